The van der Waals surface area contributed by atoms with E-state index in [0.717, 1.165) is 32.6 Å². The van der Waals surface area contributed by atoms with Crippen LogP contribution in [0.3, 0.4) is 0 Å². The molecule has 18 heavy (non-hydrogen) atoms. The van der Waals surface area contributed by atoms with E-state index in [2.05, 4.69) is 14.9 Å². The Morgan fingerprint density at radius 2 is 2.00 bits per heavy atom. The van der Waals surface area contributed by atoms with Gasteiger partial charge >= 0.3 is 0 Å². The first-order valence-corrected chi connectivity index (χ1v) is 8.27. The van der Waals surface area contributed by atoms with Crippen LogP contribution in [0.4, 0.5) is 0 Å². The zero-order chi connectivity index (χ0) is 13.0. The Balaban J connectivity index is 1.82. The van der Waals surface area contributed by atoms with Crippen molar-refractivity contribution in [1.82, 2.24) is 19.2 Å². The third-order valence-electron chi connectivity index (χ3n) is 3.70. The first-order chi connectivity index (χ1) is 8.63. The van der Waals surface area contributed by atoms with Crippen LogP contribution in [0.5, 0.6) is 0 Å². The first kappa shape index (κ1) is 14.2. The van der Waals surface area contributed by atoms with E-state index in [9.17, 15) is 8.42 Å². The molecule has 1 unspecified atom stereocenters. The second-order valence-corrected chi connectivity index (χ2v) is 6.74. The molecule has 0 bridgehead atoms. The topological polar surface area (TPSA) is 64.7 Å². The van der Waals surface area contributed by atoms with Gasteiger partial charge < -0.3 is 5.32 Å². The molecule has 0 aliphatic carbocycles. The van der Waals surface area contributed by atoms with Crippen molar-refractivity contribution in [3.8, 4) is 0 Å². The molecule has 0 radical (unpaired) electrons. The lowest BCUT2D eigenvalue weighted by Crippen LogP contribution is -2.54. The molecule has 7 heteroatoms. The highest BCUT2D eigenvalue weighted by Crippen LogP contribution is 2.13. The number of hydrogen-bond donors (Lipinski definition) is 2. The molecule has 1 atom stereocenters. The quantitative estimate of drug-likeness (QED) is 0.691. The molecule has 2 N–H and O–H groups in total. The van der Waals surface area contributed by atoms with Crippen molar-refractivity contribution in [1.29, 1.82) is 0 Å². The standard InChI is InChI=1S/C11H24N4O2S/c1-2-4-13-18(16,17)15-8-6-14(7-9-15)11-3-5-12-10-11/h11-13H,2-10H2,1H3. The third kappa shape index (κ3) is 3.42. The van der Waals surface area contributed by atoms with Crippen LogP contribution < -0.4 is 10.0 Å². The Labute approximate surface area is 110 Å². The van der Waals surface area contributed by atoms with Crippen LogP contribution in [0.2, 0.25) is 0 Å². The van der Waals surface area contributed by atoms with E-state index < -0.39 is 10.2 Å². The maximum Gasteiger partial charge on any atom is 0.279 e. The highest BCUT2D eigenvalue weighted by Gasteiger charge is 2.30. The summed E-state index contributed by atoms with van der Waals surface area (Å²) in [7, 11) is -3.25. The van der Waals surface area contributed by atoms with Crippen molar-refractivity contribution in [3.63, 3.8) is 0 Å². The molecule has 0 amide bonds. The first-order valence-electron chi connectivity index (χ1n) is 6.83. The lowest BCUT2D eigenvalue weighted by atomic mass is 10.2. The van der Waals surface area contributed by atoms with E-state index in [0.29, 0.717) is 25.7 Å². The van der Waals surface area contributed by atoms with Gasteiger partial charge in [-0.3, -0.25) is 4.90 Å². The molecular weight excluding hydrogens is 252 g/mol. The van der Waals surface area contributed by atoms with Crippen LogP contribution in [-0.2, 0) is 10.2 Å². The molecule has 0 spiro atoms. The van der Waals surface area contributed by atoms with Crippen molar-refractivity contribution in [3.05, 3.63) is 0 Å². The zero-order valence-corrected chi connectivity index (χ0v) is 11.9. The van der Waals surface area contributed by atoms with Gasteiger partial charge in [0, 0.05) is 45.3 Å². The van der Waals surface area contributed by atoms with Crippen LogP contribution in [0.1, 0.15) is 19.8 Å². The zero-order valence-electron chi connectivity index (χ0n) is 11.1. The van der Waals surface area contributed by atoms with Crippen molar-refractivity contribution in [2.75, 3.05) is 45.8 Å². The molecular formula is C11H24N4O2S. The average molecular weight is 276 g/mol. The maximum atomic E-state index is 12.0. The second-order valence-electron chi connectivity index (χ2n) is 4.98. The Kier molecular flexibility index (Phi) is 4.97. The summed E-state index contributed by atoms with van der Waals surface area (Å²) in [6.07, 6.45) is 2.01. The Hall–Kier alpha value is -0.210. The molecule has 0 aromatic heterocycles. The highest BCUT2D eigenvalue weighted by atomic mass is 32.2. The Morgan fingerprint density at radius 1 is 1.28 bits per heavy atom. The summed E-state index contributed by atoms with van der Waals surface area (Å²) in [5.74, 6) is 0. The van der Waals surface area contributed by atoms with Crippen molar-refractivity contribution >= 4 is 10.2 Å². The minimum Gasteiger partial charge on any atom is -0.315 e. The van der Waals surface area contributed by atoms with Crippen LogP contribution in [-0.4, -0.2) is 69.5 Å². The van der Waals surface area contributed by atoms with Crippen molar-refractivity contribution in [2.45, 2.75) is 25.8 Å². The summed E-state index contributed by atoms with van der Waals surface area (Å²) in [5.41, 5.74) is 0. The smallest absolute Gasteiger partial charge is 0.279 e. The summed E-state index contributed by atoms with van der Waals surface area (Å²) >= 11 is 0. The fourth-order valence-corrected chi connectivity index (χ4v) is 3.87. The third-order valence-corrected chi connectivity index (χ3v) is 5.31. The van der Waals surface area contributed by atoms with E-state index in [1.54, 1.807) is 4.31 Å². The number of rotatable bonds is 5. The summed E-state index contributed by atoms with van der Waals surface area (Å²) in [4.78, 5) is 2.41. The van der Waals surface area contributed by atoms with Crippen molar-refractivity contribution in [2.24, 2.45) is 0 Å². The van der Waals surface area contributed by atoms with Crippen LogP contribution in [0.15, 0.2) is 0 Å². The summed E-state index contributed by atoms with van der Waals surface area (Å²) in [5, 5.41) is 3.35. The van der Waals surface area contributed by atoms with Gasteiger partial charge in [0.2, 0.25) is 0 Å². The van der Waals surface area contributed by atoms with E-state index in [-0.39, 0.29) is 0 Å². The fourth-order valence-electron chi connectivity index (χ4n) is 2.58. The molecule has 2 aliphatic heterocycles. The molecule has 2 aliphatic rings. The molecule has 2 fully saturated rings. The lowest BCUT2D eigenvalue weighted by molar-refractivity contribution is 0.144. The maximum absolute atomic E-state index is 12.0. The number of nitrogens with zero attached hydrogens (tertiary/aromatic N) is 2. The largest absolute Gasteiger partial charge is 0.315 e. The second kappa shape index (κ2) is 6.29. The van der Waals surface area contributed by atoms with E-state index in [1.165, 1.54) is 6.42 Å². The molecule has 0 aromatic carbocycles. The minimum absolute atomic E-state index is 0.523. The highest BCUT2D eigenvalue weighted by molar-refractivity contribution is 7.87. The van der Waals surface area contributed by atoms with Gasteiger partial charge in [0.1, 0.15) is 0 Å². The van der Waals surface area contributed by atoms with Crippen LogP contribution in [0.25, 0.3) is 0 Å². The number of nitrogens with one attached hydrogen (secondary N) is 2. The molecule has 0 saturated carbocycles. The van der Waals surface area contributed by atoms with Gasteiger partial charge in [-0.05, 0) is 19.4 Å². The van der Waals surface area contributed by atoms with Crippen LogP contribution in [0, 0.1) is 0 Å². The predicted molar refractivity (Wildman–Crippen MR) is 71.6 cm³/mol. The monoisotopic (exact) mass is 276 g/mol. The van der Waals surface area contributed by atoms with E-state index >= 15 is 0 Å². The van der Waals surface area contributed by atoms with Crippen LogP contribution >= 0.6 is 0 Å². The fraction of sp³-hybridized carbons (Fsp3) is 1.00. The van der Waals surface area contributed by atoms with Gasteiger partial charge in [-0.2, -0.15) is 12.7 Å². The summed E-state index contributed by atoms with van der Waals surface area (Å²) in [6, 6.07) is 0.596. The molecule has 2 heterocycles. The van der Waals surface area contributed by atoms with Gasteiger partial charge in [-0.25, -0.2) is 4.72 Å². The van der Waals surface area contributed by atoms with Gasteiger partial charge in [-0.15, -0.1) is 0 Å². The molecule has 6 nitrogen and oxygen atoms in total. The molecule has 2 rings (SSSR count). The molecule has 2 saturated heterocycles. The summed E-state index contributed by atoms with van der Waals surface area (Å²) in [6.45, 7) is 7.52. The Morgan fingerprint density at radius 3 is 2.56 bits per heavy atom. The van der Waals surface area contributed by atoms with Crippen molar-refractivity contribution < 1.29 is 8.42 Å². The lowest BCUT2D eigenvalue weighted by Gasteiger charge is -2.37. The summed E-state index contributed by atoms with van der Waals surface area (Å²) < 4.78 is 28.1. The minimum atomic E-state index is -3.25. The van der Waals surface area contributed by atoms with Gasteiger partial charge in [0.15, 0.2) is 0 Å². The number of hydrogen-bond acceptors (Lipinski definition) is 4. The number of piperazine rings is 1. The average Bonchev–Trinajstić information content (AvgIpc) is 2.90. The van der Waals surface area contributed by atoms with E-state index in [4.69, 9.17) is 0 Å². The Bertz CT molecular complexity index is 346. The SMILES string of the molecule is CCCNS(=O)(=O)N1CCN(C2CCNC2)CC1. The normalized spacial score (nSPS) is 27.7. The van der Waals surface area contributed by atoms with Gasteiger partial charge in [0.05, 0.1) is 0 Å². The van der Waals surface area contributed by atoms with Gasteiger partial charge in [0.25, 0.3) is 10.2 Å². The van der Waals surface area contributed by atoms with E-state index in [1.807, 2.05) is 6.92 Å². The molecule has 106 valence electrons. The molecule has 0 aromatic rings. The van der Waals surface area contributed by atoms with Gasteiger partial charge in [-0.1, -0.05) is 6.92 Å². The predicted octanol–water partition coefficient (Wildman–Crippen LogP) is -0.790.